The number of rotatable bonds is 4. The van der Waals surface area contributed by atoms with Gasteiger partial charge in [-0.05, 0) is 49.4 Å². The summed E-state index contributed by atoms with van der Waals surface area (Å²) in [5.74, 6) is 0.856. The van der Waals surface area contributed by atoms with Crippen molar-refractivity contribution in [2.24, 2.45) is 5.92 Å². The standard InChI is InChI=1S/C17H24N4S/c1-2-7-21-11-14-3-5-15(21)12-20(10-14)9-13-4-6-16-17(8-13)19-22-18-16/h4,6,8,14-15H,2-3,5,7,9-12H2,1H3/t14-,15+/m0/s1. The largest absolute Gasteiger partial charge is 0.299 e. The summed E-state index contributed by atoms with van der Waals surface area (Å²) in [5, 5.41) is 0. The molecule has 0 N–H and O–H groups in total. The summed E-state index contributed by atoms with van der Waals surface area (Å²) < 4.78 is 8.67. The van der Waals surface area contributed by atoms with Crippen molar-refractivity contribution in [2.45, 2.75) is 38.8 Å². The highest BCUT2D eigenvalue weighted by atomic mass is 32.1. The Morgan fingerprint density at radius 2 is 2.05 bits per heavy atom. The highest BCUT2D eigenvalue weighted by molar-refractivity contribution is 7.00. The van der Waals surface area contributed by atoms with Crippen LogP contribution >= 0.6 is 11.7 Å². The Morgan fingerprint density at radius 3 is 2.95 bits per heavy atom. The number of hydrogen-bond acceptors (Lipinski definition) is 5. The van der Waals surface area contributed by atoms with E-state index < -0.39 is 0 Å². The van der Waals surface area contributed by atoms with E-state index in [0.717, 1.165) is 29.5 Å². The van der Waals surface area contributed by atoms with Crippen molar-refractivity contribution in [3.63, 3.8) is 0 Å². The second-order valence-corrected chi connectivity index (χ2v) is 7.40. The van der Waals surface area contributed by atoms with Crippen LogP contribution in [0.4, 0.5) is 0 Å². The SMILES string of the molecule is CCCN1C[C@H]2CC[C@@H]1CN(Cc1ccc3nsnc3c1)C2. The van der Waals surface area contributed by atoms with Gasteiger partial charge >= 0.3 is 0 Å². The summed E-state index contributed by atoms with van der Waals surface area (Å²) in [6.45, 7) is 8.41. The van der Waals surface area contributed by atoms with Crippen LogP contribution in [-0.4, -0.2) is 50.8 Å². The van der Waals surface area contributed by atoms with E-state index in [1.54, 1.807) is 0 Å². The average Bonchev–Trinajstić information content (AvgIpc) is 2.81. The smallest absolute Gasteiger partial charge is 0.105 e. The molecule has 22 heavy (non-hydrogen) atoms. The van der Waals surface area contributed by atoms with E-state index in [4.69, 9.17) is 0 Å². The van der Waals surface area contributed by atoms with Gasteiger partial charge in [0.15, 0.2) is 0 Å². The zero-order valence-corrected chi connectivity index (χ0v) is 14.1. The van der Waals surface area contributed by atoms with E-state index >= 15 is 0 Å². The summed E-state index contributed by atoms with van der Waals surface area (Å²) in [5.41, 5.74) is 3.45. The molecule has 0 aliphatic carbocycles. The molecule has 0 amide bonds. The van der Waals surface area contributed by atoms with Crippen molar-refractivity contribution in [3.05, 3.63) is 23.8 Å². The van der Waals surface area contributed by atoms with Crippen molar-refractivity contribution in [2.75, 3.05) is 26.2 Å². The molecular weight excluding hydrogens is 292 g/mol. The van der Waals surface area contributed by atoms with Crippen LogP contribution in [0.15, 0.2) is 18.2 Å². The summed E-state index contributed by atoms with van der Waals surface area (Å²) in [6, 6.07) is 7.32. The lowest BCUT2D eigenvalue weighted by Gasteiger charge is -2.35. The van der Waals surface area contributed by atoms with E-state index in [1.807, 2.05) is 0 Å². The number of fused-ring (bicyclic) bond motifs is 5. The topological polar surface area (TPSA) is 32.3 Å². The first-order valence-electron chi connectivity index (χ1n) is 8.49. The molecule has 1 aromatic heterocycles. The maximum absolute atomic E-state index is 4.37. The fraction of sp³-hybridized carbons (Fsp3) is 0.647. The fourth-order valence-corrected chi connectivity index (χ4v) is 4.67. The van der Waals surface area contributed by atoms with Crippen LogP contribution in [0.1, 0.15) is 31.7 Å². The minimum Gasteiger partial charge on any atom is -0.299 e. The maximum Gasteiger partial charge on any atom is 0.105 e. The van der Waals surface area contributed by atoms with Crippen molar-refractivity contribution in [3.8, 4) is 0 Å². The number of hydrogen-bond donors (Lipinski definition) is 0. The van der Waals surface area contributed by atoms with E-state index in [1.165, 1.54) is 62.7 Å². The van der Waals surface area contributed by atoms with E-state index in [2.05, 4.69) is 43.7 Å². The van der Waals surface area contributed by atoms with Gasteiger partial charge in [0, 0.05) is 32.2 Å². The number of benzene rings is 1. The van der Waals surface area contributed by atoms with Crippen LogP contribution in [0.5, 0.6) is 0 Å². The Labute approximate surface area is 136 Å². The quantitative estimate of drug-likeness (QED) is 0.868. The molecule has 118 valence electrons. The first kappa shape index (κ1) is 14.5. The Bertz CT molecular complexity index is 640. The second kappa shape index (κ2) is 6.22. The first-order valence-corrected chi connectivity index (χ1v) is 9.22. The lowest BCUT2D eigenvalue weighted by molar-refractivity contribution is 0.131. The molecule has 2 aromatic rings. The minimum atomic E-state index is 0.767. The van der Waals surface area contributed by atoms with E-state index in [-0.39, 0.29) is 0 Å². The Morgan fingerprint density at radius 1 is 1.14 bits per heavy atom. The molecule has 4 nitrogen and oxygen atoms in total. The zero-order chi connectivity index (χ0) is 14.9. The molecule has 0 spiro atoms. The molecule has 0 radical (unpaired) electrons. The van der Waals surface area contributed by atoms with Gasteiger partial charge in [-0.2, -0.15) is 8.75 Å². The van der Waals surface area contributed by atoms with Crippen molar-refractivity contribution >= 4 is 22.8 Å². The zero-order valence-electron chi connectivity index (χ0n) is 13.2. The van der Waals surface area contributed by atoms with Gasteiger partial charge in [-0.1, -0.05) is 13.0 Å². The van der Waals surface area contributed by atoms with Crippen LogP contribution in [0.2, 0.25) is 0 Å². The van der Waals surface area contributed by atoms with Crippen LogP contribution in [0, 0.1) is 5.92 Å². The highest BCUT2D eigenvalue weighted by Crippen LogP contribution is 2.29. The number of piperidine rings is 1. The molecule has 5 heteroatoms. The predicted octanol–water partition coefficient (Wildman–Crippen LogP) is 3.00. The Hall–Kier alpha value is -1.04. The van der Waals surface area contributed by atoms with Crippen LogP contribution in [0.25, 0.3) is 11.0 Å². The molecule has 2 bridgehead atoms. The fourth-order valence-electron chi connectivity index (χ4n) is 4.15. The van der Waals surface area contributed by atoms with Crippen molar-refractivity contribution < 1.29 is 0 Å². The molecule has 4 heterocycles. The van der Waals surface area contributed by atoms with Crippen molar-refractivity contribution in [1.82, 2.24) is 18.5 Å². The number of aromatic nitrogens is 2. The van der Waals surface area contributed by atoms with Gasteiger partial charge in [-0.3, -0.25) is 9.80 Å². The van der Waals surface area contributed by atoms with Crippen LogP contribution in [-0.2, 0) is 6.54 Å². The molecule has 3 aliphatic rings. The Balaban J connectivity index is 1.48. The molecular formula is C17H24N4S. The molecule has 2 atom stereocenters. The third-order valence-electron chi connectivity index (χ3n) is 5.14. The molecule has 0 saturated carbocycles. The summed E-state index contributed by atoms with van der Waals surface area (Å²) in [6.07, 6.45) is 4.07. The van der Waals surface area contributed by atoms with Gasteiger partial charge < -0.3 is 0 Å². The van der Waals surface area contributed by atoms with E-state index in [0.29, 0.717) is 0 Å². The van der Waals surface area contributed by atoms with Crippen LogP contribution < -0.4 is 0 Å². The average molecular weight is 316 g/mol. The minimum absolute atomic E-state index is 0.767. The first-order chi connectivity index (χ1) is 10.8. The third-order valence-corrected chi connectivity index (χ3v) is 5.69. The van der Waals surface area contributed by atoms with Gasteiger partial charge in [0.2, 0.25) is 0 Å². The molecule has 1 aromatic carbocycles. The van der Waals surface area contributed by atoms with Crippen LogP contribution in [0.3, 0.4) is 0 Å². The van der Waals surface area contributed by atoms with E-state index in [9.17, 15) is 0 Å². The monoisotopic (exact) mass is 316 g/mol. The molecule has 3 saturated heterocycles. The van der Waals surface area contributed by atoms with Gasteiger partial charge in [-0.25, -0.2) is 0 Å². The highest BCUT2D eigenvalue weighted by Gasteiger charge is 2.34. The summed E-state index contributed by atoms with van der Waals surface area (Å²) >= 11 is 1.31. The normalized spacial score (nSPS) is 26.6. The lowest BCUT2D eigenvalue weighted by Crippen LogP contribution is -2.44. The molecule has 3 fully saturated rings. The van der Waals surface area contributed by atoms with Gasteiger partial charge in [-0.15, -0.1) is 0 Å². The van der Waals surface area contributed by atoms with Gasteiger partial charge in [0.05, 0.1) is 11.7 Å². The maximum atomic E-state index is 4.37. The van der Waals surface area contributed by atoms with Crippen molar-refractivity contribution in [1.29, 1.82) is 0 Å². The summed E-state index contributed by atoms with van der Waals surface area (Å²) in [7, 11) is 0. The lowest BCUT2D eigenvalue weighted by atomic mass is 9.95. The number of nitrogens with zero attached hydrogens (tertiary/aromatic N) is 4. The third kappa shape index (κ3) is 2.90. The van der Waals surface area contributed by atoms with Gasteiger partial charge in [0.1, 0.15) is 11.0 Å². The molecule has 0 unspecified atom stereocenters. The predicted molar refractivity (Wildman–Crippen MR) is 91.1 cm³/mol. The summed E-state index contributed by atoms with van der Waals surface area (Å²) in [4.78, 5) is 5.40. The van der Waals surface area contributed by atoms with Gasteiger partial charge in [0.25, 0.3) is 0 Å². The second-order valence-electron chi connectivity index (χ2n) is 6.87. The molecule has 3 aliphatic heterocycles. The molecule has 5 rings (SSSR count). The Kier molecular flexibility index (Phi) is 4.11.